The maximum absolute atomic E-state index is 5.62. The molecule has 2 unspecified atom stereocenters. The summed E-state index contributed by atoms with van der Waals surface area (Å²) >= 11 is 0. The SMILES string of the molecule is CCOP(C)CC(C)c1cccc(OC)c1. The topological polar surface area (TPSA) is 18.5 Å². The van der Waals surface area contributed by atoms with Gasteiger partial charge in [0.2, 0.25) is 0 Å². The monoisotopic (exact) mass is 240 g/mol. The van der Waals surface area contributed by atoms with Crippen molar-refractivity contribution in [3.8, 4) is 5.75 Å². The highest BCUT2D eigenvalue weighted by molar-refractivity contribution is 7.51. The summed E-state index contributed by atoms with van der Waals surface area (Å²) in [5, 5.41) is 0. The molecule has 0 fully saturated rings. The van der Waals surface area contributed by atoms with E-state index in [-0.39, 0.29) is 8.15 Å². The van der Waals surface area contributed by atoms with E-state index in [0.717, 1.165) is 18.5 Å². The predicted molar refractivity (Wildman–Crippen MR) is 70.7 cm³/mol. The molecule has 16 heavy (non-hydrogen) atoms. The molecule has 0 bridgehead atoms. The van der Waals surface area contributed by atoms with Crippen molar-refractivity contribution >= 4 is 8.15 Å². The fourth-order valence-electron chi connectivity index (χ4n) is 1.71. The first-order chi connectivity index (χ1) is 7.67. The molecule has 2 atom stereocenters. The Morgan fingerprint density at radius 3 is 2.75 bits per heavy atom. The second kappa shape index (κ2) is 6.88. The van der Waals surface area contributed by atoms with E-state index in [1.165, 1.54) is 5.56 Å². The first kappa shape index (κ1) is 13.5. The van der Waals surface area contributed by atoms with Gasteiger partial charge in [-0.15, -0.1) is 0 Å². The Hall–Kier alpha value is -0.590. The van der Waals surface area contributed by atoms with Crippen molar-refractivity contribution in [1.29, 1.82) is 0 Å². The van der Waals surface area contributed by atoms with Crippen LogP contribution < -0.4 is 4.74 Å². The van der Waals surface area contributed by atoms with E-state index >= 15 is 0 Å². The predicted octanol–water partition coefficient (Wildman–Crippen LogP) is 3.86. The molecule has 0 aliphatic carbocycles. The Bertz CT molecular complexity index is 315. The first-order valence-electron chi connectivity index (χ1n) is 5.65. The summed E-state index contributed by atoms with van der Waals surface area (Å²) in [5.74, 6) is 1.46. The second-order valence-corrected chi connectivity index (χ2v) is 5.79. The molecule has 1 rings (SSSR count). The van der Waals surface area contributed by atoms with Crippen LogP contribution in [0.15, 0.2) is 24.3 Å². The van der Waals surface area contributed by atoms with Crippen LogP contribution in [0.4, 0.5) is 0 Å². The number of ether oxygens (including phenoxy) is 1. The van der Waals surface area contributed by atoms with E-state index < -0.39 is 0 Å². The van der Waals surface area contributed by atoms with Crippen molar-refractivity contribution < 1.29 is 9.26 Å². The lowest BCUT2D eigenvalue weighted by Gasteiger charge is -2.17. The molecule has 0 amide bonds. The van der Waals surface area contributed by atoms with Gasteiger partial charge in [0.05, 0.1) is 7.11 Å². The van der Waals surface area contributed by atoms with Gasteiger partial charge in [0, 0.05) is 14.8 Å². The fraction of sp³-hybridized carbons (Fsp3) is 0.538. The first-order valence-corrected chi connectivity index (χ1v) is 7.54. The molecule has 0 saturated carbocycles. The molecule has 2 nitrogen and oxygen atoms in total. The van der Waals surface area contributed by atoms with Crippen LogP contribution >= 0.6 is 8.15 Å². The maximum Gasteiger partial charge on any atom is 0.119 e. The molecule has 0 saturated heterocycles. The van der Waals surface area contributed by atoms with E-state index in [1.807, 2.05) is 12.1 Å². The summed E-state index contributed by atoms with van der Waals surface area (Å²) in [6.07, 6.45) is 1.11. The molecule has 0 radical (unpaired) electrons. The quantitative estimate of drug-likeness (QED) is 0.703. The smallest absolute Gasteiger partial charge is 0.119 e. The number of methoxy groups -OCH3 is 1. The summed E-state index contributed by atoms with van der Waals surface area (Å²) in [6, 6.07) is 8.29. The molecule has 1 aromatic carbocycles. The van der Waals surface area contributed by atoms with Gasteiger partial charge < -0.3 is 9.26 Å². The maximum atomic E-state index is 5.62. The molecule has 0 aliphatic heterocycles. The Labute approximate surface area is 99.8 Å². The van der Waals surface area contributed by atoms with Crippen LogP contribution in [-0.4, -0.2) is 26.5 Å². The summed E-state index contributed by atoms with van der Waals surface area (Å²) in [6.45, 7) is 7.30. The lowest BCUT2D eigenvalue weighted by atomic mass is 10.0. The van der Waals surface area contributed by atoms with Gasteiger partial charge in [-0.25, -0.2) is 0 Å². The van der Waals surface area contributed by atoms with Crippen molar-refractivity contribution in [2.45, 2.75) is 19.8 Å². The van der Waals surface area contributed by atoms with Crippen molar-refractivity contribution in [3.63, 3.8) is 0 Å². The number of benzene rings is 1. The molecular weight excluding hydrogens is 219 g/mol. The highest BCUT2D eigenvalue weighted by atomic mass is 31.1. The summed E-state index contributed by atoms with van der Waals surface area (Å²) in [7, 11) is 1.41. The Balaban J connectivity index is 2.61. The van der Waals surface area contributed by atoms with E-state index in [4.69, 9.17) is 9.26 Å². The zero-order valence-corrected chi connectivity index (χ0v) is 11.5. The second-order valence-electron chi connectivity index (χ2n) is 3.91. The van der Waals surface area contributed by atoms with Gasteiger partial charge in [-0.05, 0) is 43.4 Å². The van der Waals surface area contributed by atoms with Crippen LogP contribution in [-0.2, 0) is 4.52 Å². The molecular formula is C13H21O2P. The van der Waals surface area contributed by atoms with Crippen LogP contribution in [0.25, 0.3) is 0 Å². The minimum absolute atomic E-state index is 0.298. The Morgan fingerprint density at radius 1 is 1.38 bits per heavy atom. The van der Waals surface area contributed by atoms with Crippen LogP contribution in [0, 0.1) is 0 Å². The minimum atomic E-state index is -0.298. The van der Waals surface area contributed by atoms with Crippen molar-refractivity contribution in [2.75, 3.05) is 26.5 Å². The highest BCUT2D eigenvalue weighted by Gasteiger charge is 2.11. The third-order valence-corrected chi connectivity index (χ3v) is 4.30. The summed E-state index contributed by atoms with van der Waals surface area (Å²) in [4.78, 5) is 0. The Morgan fingerprint density at radius 2 is 2.12 bits per heavy atom. The molecule has 0 aliphatic rings. The molecule has 0 spiro atoms. The van der Waals surface area contributed by atoms with Crippen LogP contribution in [0.1, 0.15) is 25.3 Å². The molecule has 3 heteroatoms. The molecule has 0 N–H and O–H groups in total. The van der Waals surface area contributed by atoms with Gasteiger partial charge in [0.15, 0.2) is 0 Å². The van der Waals surface area contributed by atoms with Crippen molar-refractivity contribution in [2.24, 2.45) is 0 Å². The molecule has 90 valence electrons. The van der Waals surface area contributed by atoms with Gasteiger partial charge in [-0.3, -0.25) is 0 Å². The van der Waals surface area contributed by atoms with Gasteiger partial charge in [0.25, 0.3) is 0 Å². The largest absolute Gasteiger partial charge is 0.497 e. The molecule has 1 aromatic rings. The van der Waals surface area contributed by atoms with E-state index in [2.05, 4.69) is 32.6 Å². The summed E-state index contributed by atoms with van der Waals surface area (Å²) in [5.41, 5.74) is 1.33. The van der Waals surface area contributed by atoms with E-state index in [1.54, 1.807) is 7.11 Å². The zero-order valence-electron chi connectivity index (χ0n) is 10.6. The average Bonchev–Trinajstić information content (AvgIpc) is 2.29. The van der Waals surface area contributed by atoms with Crippen LogP contribution in [0.2, 0.25) is 0 Å². The van der Waals surface area contributed by atoms with Crippen LogP contribution in [0.5, 0.6) is 5.75 Å². The third-order valence-electron chi connectivity index (χ3n) is 2.54. The lowest BCUT2D eigenvalue weighted by Crippen LogP contribution is -2.00. The normalized spacial score (nSPS) is 14.5. The third kappa shape index (κ3) is 4.11. The lowest BCUT2D eigenvalue weighted by molar-refractivity contribution is 0.379. The number of hydrogen-bond donors (Lipinski definition) is 0. The van der Waals surface area contributed by atoms with Gasteiger partial charge in [0.1, 0.15) is 5.75 Å². The zero-order chi connectivity index (χ0) is 12.0. The van der Waals surface area contributed by atoms with E-state index in [9.17, 15) is 0 Å². The van der Waals surface area contributed by atoms with Gasteiger partial charge >= 0.3 is 0 Å². The molecule has 0 heterocycles. The van der Waals surface area contributed by atoms with Gasteiger partial charge in [-0.2, -0.15) is 0 Å². The average molecular weight is 240 g/mol. The summed E-state index contributed by atoms with van der Waals surface area (Å²) < 4.78 is 10.9. The standard InChI is InChI=1S/C13H21O2P/c1-5-15-16(4)10-11(2)12-7-6-8-13(9-12)14-3/h6-9,11H,5,10H2,1-4H3. The van der Waals surface area contributed by atoms with Gasteiger partial charge in [-0.1, -0.05) is 19.1 Å². The van der Waals surface area contributed by atoms with Crippen LogP contribution in [0.3, 0.4) is 0 Å². The Kier molecular flexibility index (Phi) is 5.79. The number of rotatable bonds is 6. The number of hydrogen-bond acceptors (Lipinski definition) is 2. The fourth-order valence-corrected chi connectivity index (χ4v) is 3.24. The minimum Gasteiger partial charge on any atom is -0.497 e. The highest BCUT2D eigenvalue weighted by Crippen LogP contribution is 2.37. The van der Waals surface area contributed by atoms with E-state index in [0.29, 0.717) is 5.92 Å². The molecule has 0 aromatic heterocycles. The van der Waals surface area contributed by atoms with Crippen molar-refractivity contribution in [3.05, 3.63) is 29.8 Å². The van der Waals surface area contributed by atoms with Crippen molar-refractivity contribution in [1.82, 2.24) is 0 Å².